The maximum Gasteiger partial charge on any atom is 0.238 e. The fourth-order valence-electron chi connectivity index (χ4n) is 1.65. The van der Waals surface area contributed by atoms with Gasteiger partial charge >= 0.3 is 0 Å². The summed E-state index contributed by atoms with van der Waals surface area (Å²) in [5, 5.41) is 1.71. The lowest BCUT2D eigenvalue weighted by Gasteiger charge is -2.19. The number of carbonyl (C=O) groups is 1. The molecular weight excluding hydrogens is 264 g/mol. The van der Waals surface area contributed by atoms with Crippen molar-refractivity contribution >= 4 is 15.7 Å². The number of amides is 1. The van der Waals surface area contributed by atoms with E-state index in [4.69, 9.17) is 0 Å². The highest BCUT2D eigenvalue weighted by Gasteiger charge is 2.26. The van der Waals surface area contributed by atoms with Gasteiger partial charge in [-0.25, -0.2) is 8.42 Å². The van der Waals surface area contributed by atoms with Gasteiger partial charge in [0.2, 0.25) is 5.91 Å². The molecule has 0 spiro atoms. The molecule has 0 fully saturated rings. The SMILES string of the molecule is CCC[C@@H](NC(=O)[C@@H](C)S(C)(=O)=O)c1ccccn1. The summed E-state index contributed by atoms with van der Waals surface area (Å²) in [6.45, 7) is 3.40. The first kappa shape index (κ1) is 15.6. The van der Waals surface area contributed by atoms with Gasteiger partial charge in [0.25, 0.3) is 0 Å². The molecular formula is C13H20N2O3S. The average molecular weight is 284 g/mol. The van der Waals surface area contributed by atoms with E-state index in [-0.39, 0.29) is 6.04 Å². The van der Waals surface area contributed by atoms with Crippen LogP contribution in [0.3, 0.4) is 0 Å². The van der Waals surface area contributed by atoms with Crippen LogP contribution < -0.4 is 5.32 Å². The van der Waals surface area contributed by atoms with Gasteiger partial charge in [-0.05, 0) is 25.5 Å². The quantitative estimate of drug-likeness (QED) is 0.858. The molecule has 0 radical (unpaired) electrons. The van der Waals surface area contributed by atoms with Crippen molar-refractivity contribution < 1.29 is 13.2 Å². The molecule has 19 heavy (non-hydrogen) atoms. The number of aromatic nitrogens is 1. The molecule has 1 aromatic heterocycles. The molecule has 0 saturated heterocycles. The lowest BCUT2D eigenvalue weighted by molar-refractivity contribution is -0.121. The second-order valence-electron chi connectivity index (χ2n) is 4.58. The number of hydrogen-bond donors (Lipinski definition) is 1. The minimum Gasteiger partial charge on any atom is -0.347 e. The smallest absolute Gasteiger partial charge is 0.238 e. The van der Waals surface area contributed by atoms with E-state index in [1.165, 1.54) is 6.92 Å². The van der Waals surface area contributed by atoms with Crippen LogP contribution in [-0.4, -0.2) is 30.8 Å². The molecule has 0 unspecified atom stereocenters. The van der Waals surface area contributed by atoms with Crippen molar-refractivity contribution in [3.05, 3.63) is 30.1 Å². The van der Waals surface area contributed by atoms with Gasteiger partial charge in [-0.1, -0.05) is 19.4 Å². The zero-order valence-electron chi connectivity index (χ0n) is 11.5. The Hall–Kier alpha value is -1.43. The number of pyridine rings is 1. The largest absolute Gasteiger partial charge is 0.347 e. The molecule has 0 aliphatic heterocycles. The summed E-state index contributed by atoms with van der Waals surface area (Å²) in [5.74, 6) is -0.480. The van der Waals surface area contributed by atoms with Gasteiger partial charge in [-0.3, -0.25) is 9.78 Å². The highest BCUT2D eigenvalue weighted by Crippen LogP contribution is 2.16. The van der Waals surface area contributed by atoms with E-state index < -0.39 is 21.0 Å². The Morgan fingerprint density at radius 2 is 2.11 bits per heavy atom. The predicted octanol–water partition coefficient (Wildman–Crippen LogP) is 1.47. The first-order chi connectivity index (χ1) is 8.86. The van der Waals surface area contributed by atoms with Crippen LogP contribution in [0.2, 0.25) is 0 Å². The second-order valence-corrected chi connectivity index (χ2v) is 6.94. The standard InChI is InChI=1S/C13H20N2O3S/c1-4-7-12(11-8-5-6-9-14-11)15-13(16)10(2)19(3,17)18/h5-6,8-10,12H,4,7H2,1-3H3,(H,15,16)/t10-,12-/m1/s1. The van der Waals surface area contributed by atoms with Crippen molar-refractivity contribution in [3.63, 3.8) is 0 Å². The first-order valence-electron chi connectivity index (χ1n) is 6.26. The van der Waals surface area contributed by atoms with Crippen molar-refractivity contribution in [1.29, 1.82) is 0 Å². The van der Waals surface area contributed by atoms with Gasteiger partial charge in [-0.2, -0.15) is 0 Å². The van der Waals surface area contributed by atoms with E-state index >= 15 is 0 Å². The molecule has 0 aromatic carbocycles. The second kappa shape index (κ2) is 6.65. The van der Waals surface area contributed by atoms with Crippen molar-refractivity contribution in [1.82, 2.24) is 10.3 Å². The van der Waals surface area contributed by atoms with E-state index in [0.717, 1.165) is 24.8 Å². The maximum absolute atomic E-state index is 11.9. The molecule has 1 aromatic rings. The molecule has 2 atom stereocenters. The molecule has 1 N–H and O–H groups in total. The number of sulfone groups is 1. The Balaban J connectivity index is 2.83. The van der Waals surface area contributed by atoms with Crippen LogP contribution in [0.25, 0.3) is 0 Å². The summed E-state index contributed by atoms with van der Waals surface area (Å²) in [6, 6.07) is 5.22. The number of rotatable bonds is 6. The van der Waals surface area contributed by atoms with Crippen LogP contribution >= 0.6 is 0 Å². The summed E-state index contributed by atoms with van der Waals surface area (Å²) in [4.78, 5) is 16.1. The fraction of sp³-hybridized carbons (Fsp3) is 0.538. The lowest BCUT2D eigenvalue weighted by atomic mass is 10.1. The van der Waals surface area contributed by atoms with Crippen LogP contribution in [0.15, 0.2) is 24.4 Å². The molecule has 0 aliphatic rings. The first-order valence-corrected chi connectivity index (χ1v) is 8.22. The van der Waals surface area contributed by atoms with Crippen LogP contribution in [0.5, 0.6) is 0 Å². The van der Waals surface area contributed by atoms with E-state index in [1.54, 1.807) is 12.3 Å². The van der Waals surface area contributed by atoms with Crippen molar-refractivity contribution in [2.75, 3.05) is 6.26 Å². The third kappa shape index (κ3) is 4.63. The topological polar surface area (TPSA) is 76.1 Å². The zero-order chi connectivity index (χ0) is 14.5. The van der Waals surface area contributed by atoms with Crippen molar-refractivity contribution in [3.8, 4) is 0 Å². The molecule has 0 saturated carbocycles. The summed E-state index contributed by atoms with van der Waals surface area (Å²) in [6.07, 6.45) is 4.31. The summed E-state index contributed by atoms with van der Waals surface area (Å²) in [7, 11) is -3.38. The Kier molecular flexibility index (Phi) is 5.47. The highest BCUT2D eigenvalue weighted by molar-refractivity contribution is 7.92. The lowest BCUT2D eigenvalue weighted by Crippen LogP contribution is -2.39. The van der Waals surface area contributed by atoms with E-state index in [0.29, 0.717) is 0 Å². The molecule has 1 heterocycles. The molecule has 6 heteroatoms. The molecule has 106 valence electrons. The zero-order valence-corrected chi connectivity index (χ0v) is 12.3. The fourth-order valence-corrected chi connectivity index (χ4v) is 2.11. The van der Waals surface area contributed by atoms with Crippen LogP contribution in [0.4, 0.5) is 0 Å². The monoisotopic (exact) mass is 284 g/mol. The highest BCUT2D eigenvalue weighted by atomic mass is 32.2. The van der Waals surface area contributed by atoms with Gasteiger partial charge in [0.1, 0.15) is 5.25 Å². The Labute approximate surface area is 114 Å². The number of hydrogen-bond acceptors (Lipinski definition) is 4. The summed E-state index contributed by atoms with van der Waals surface area (Å²) < 4.78 is 22.7. The summed E-state index contributed by atoms with van der Waals surface area (Å²) in [5.41, 5.74) is 0.749. The van der Waals surface area contributed by atoms with E-state index in [9.17, 15) is 13.2 Å². The Morgan fingerprint density at radius 3 is 2.58 bits per heavy atom. The maximum atomic E-state index is 11.9. The van der Waals surface area contributed by atoms with Gasteiger partial charge in [0.05, 0.1) is 11.7 Å². The van der Waals surface area contributed by atoms with E-state index in [1.807, 2.05) is 19.1 Å². The van der Waals surface area contributed by atoms with Gasteiger partial charge in [0, 0.05) is 12.5 Å². The Morgan fingerprint density at radius 1 is 1.42 bits per heavy atom. The van der Waals surface area contributed by atoms with Crippen molar-refractivity contribution in [2.24, 2.45) is 0 Å². The molecule has 0 aliphatic carbocycles. The predicted molar refractivity (Wildman–Crippen MR) is 74.3 cm³/mol. The Bertz CT molecular complexity index is 514. The van der Waals surface area contributed by atoms with Gasteiger partial charge in [-0.15, -0.1) is 0 Å². The molecule has 0 bridgehead atoms. The van der Waals surface area contributed by atoms with Gasteiger partial charge < -0.3 is 5.32 Å². The van der Waals surface area contributed by atoms with Crippen molar-refractivity contribution in [2.45, 2.75) is 38.0 Å². The summed E-state index contributed by atoms with van der Waals surface area (Å²) >= 11 is 0. The number of nitrogens with one attached hydrogen (secondary N) is 1. The minimum absolute atomic E-state index is 0.247. The van der Waals surface area contributed by atoms with Crippen LogP contribution in [0, 0.1) is 0 Å². The number of nitrogens with zero attached hydrogens (tertiary/aromatic N) is 1. The minimum atomic E-state index is -3.38. The van der Waals surface area contributed by atoms with Gasteiger partial charge in [0.15, 0.2) is 9.84 Å². The molecule has 1 amide bonds. The average Bonchev–Trinajstić information content (AvgIpc) is 2.37. The van der Waals surface area contributed by atoms with Crippen LogP contribution in [0.1, 0.15) is 38.4 Å². The third-order valence-electron chi connectivity index (χ3n) is 2.95. The third-order valence-corrected chi connectivity index (χ3v) is 4.45. The normalized spacial score (nSPS) is 14.7. The van der Waals surface area contributed by atoms with E-state index in [2.05, 4.69) is 10.3 Å². The molecule has 5 nitrogen and oxygen atoms in total. The van der Waals surface area contributed by atoms with Crippen LogP contribution in [-0.2, 0) is 14.6 Å². The number of carbonyl (C=O) groups excluding carboxylic acids is 1. The molecule has 1 rings (SSSR count).